The molecule has 3 N–H and O–H groups in total. The van der Waals surface area contributed by atoms with Crippen molar-refractivity contribution in [2.24, 2.45) is 0 Å². The Morgan fingerprint density at radius 3 is 1.50 bits per heavy atom. The number of hydrogen-bond donors (Lipinski definition) is 3. The second-order valence-electron chi connectivity index (χ2n) is 8.27. The van der Waals surface area contributed by atoms with Crippen molar-refractivity contribution in [3.05, 3.63) is 80.3 Å². The molecule has 0 aliphatic carbocycles. The molecule has 0 saturated carbocycles. The minimum absolute atomic E-state index is 0.171. The highest BCUT2D eigenvalue weighted by molar-refractivity contribution is 5.60. The molecule has 4 aromatic rings. The fourth-order valence-corrected chi connectivity index (χ4v) is 3.73. The van der Waals surface area contributed by atoms with E-state index in [4.69, 9.17) is 0 Å². The predicted octanol–water partition coefficient (Wildman–Crippen LogP) is 4.69. The quantitative estimate of drug-likeness (QED) is 0.426. The van der Waals surface area contributed by atoms with Gasteiger partial charge < -0.3 is 10.6 Å². The van der Waals surface area contributed by atoms with Gasteiger partial charge in [0.05, 0.1) is 0 Å². The smallest absolute Gasteiger partial charge is 0.267 e. The van der Waals surface area contributed by atoms with E-state index in [1.807, 2.05) is 58.9 Å². The maximum atomic E-state index is 12.2. The Balaban J connectivity index is 1.80. The summed E-state index contributed by atoms with van der Waals surface area (Å²) in [5.41, 5.74) is 7.50. The average molecular weight is 430 g/mol. The van der Waals surface area contributed by atoms with Crippen LogP contribution in [0.1, 0.15) is 33.5 Å². The van der Waals surface area contributed by atoms with Crippen molar-refractivity contribution >= 4 is 23.3 Å². The summed E-state index contributed by atoms with van der Waals surface area (Å²) in [6, 6.07) is 12.3. The van der Waals surface area contributed by atoms with Crippen molar-refractivity contribution in [3.8, 4) is 5.95 Å². The molecule has 2 aromatic carbocycles. The van der Waals surface area contributed by atoms with Gasteiger partial charge in [0.1, 0.15) is 0 Å². The van der Waals surface area contributed by atoms with Crippen LogP contribution in [0.2, 0.25) is 0 Å². The fraction of sp³-hybridized carbons (Fsp3) is 0.250. The number of aromatic amines is 1. The van der Waals surface area contributed by atoms with Gasteiger partial charge >= 0.3 is 0 Å². The molecule has 4 rings (SSSR count). The van der Waals surface area contributed by atoms with E-state index in [0.29, 0.717) is 23.4 Å². The van der Waals surface area contributed by atoms with Crippen LogP contribution in [0, 0.1) is 41.5 Å². The standard InChI is InChI=1S/C24H27N7O/c1-13-7-14(2)10-19(9-13)25-22-27-23(26-20-11-15(3)8-16(4)12-20)29-24(28-22)31-18(6)17(5)21(32)30-31/h7-12H,1-6H3,(H,30,32)(H2,25,26,27,28,29). The summed E-state index contributed by atoms with van der Waals surface area (Å²) in [5, 5.41) is 9.36. The van der Waals surface area contributed by atoms with Gasteiger partial charge in [-0.3, -0.25) is 9.89 Å². The first-order chi connectivity index (χ1) is 15.2. The third-order valence-electron chi connectivity index (χ3n) is 5.21. The van der Waals surface area contributed by atoms with Gasteiger partial charge in [-0.15, -0.1) is 0 Å². The first-order valence-corrected chi connectivity index (χ1v) is 10.4. The van der Waals surface area contributed by atoms with Crippen molar-refractivity contribution in [2.45, 2.75) is 41.5 Å². The number of hydrogen-bond acceptors (Lipinski definition) is 6. The Morgan fingerprint density at radius 1 is 0.688 bits per heavy atom. The minimum Gasteiger partial charge on any atom is -0.324 e. The van der Waals surface area contributed by atoms with Crippen LogP contribution in [0.5, 0.6) is 0 Å². The molecule has 8 heteroatoms. The fourth-order valence-electron chi connectivity index (χ4n) is 3.73. The number of anilines is 4. The number of rotatable bonds is 5. The van der Waals surface area contributed by atoms with Crippen LogP contribution in [-0.2, 0) is 0 Å². The maximum absolute atomic E-state index is 12.2. The highest BCUT2D eigenvalue weighted by atomic mass is 16.1. The maximum Gasteiger partial charge on any atom is 0.267 e. The minimum atomic E-state index is -0.171. The molecule has 0 amide bonds. The lowest BCUT2D eigenvalue weighted by atomic mass is 10.1. The monoisotopic (exact) mass is 429 g/mol. The average Bonchev–Trinajstić information content (AvgIpc) is 2.93. The number of nitrogens with one attached hydrogen (secondary N) is 3. The second kappa shape index (κ2) is 8.30. The van der Waals surface area contributed by atoms with E-state index >= 15 is 0 Å². The van der Waals surface area contributed by atoms with E-state index in [-0.39, 0.29) is 5.56 Å². The lowest BCUT2D eigenvalue weighted by Crippen LogP contribution is -2.13. The Labute approximate surface area is 186 Å². The molecule has 32 heavy (non-hydrogen) atoms. The van der Waals surface area contributed by atoms with Gasteiger partial charge in [-0.1, -0.05) is 12.1 Å². The van der Waals surface area contributed by atoms with Crippen molar-refractivity contribution in [1.82, 2.24) is 24.7 Å². The summed E-state index contributed by atoms with van der Waals surface area (Å²) >= 11 is 0. The molecule has 2 heterocycles. The first kappa shape index (κ1) is 21.3. The molecule has 8 nitrogen and oxygen atoms in total. The highest BCUT2D eigenvalue weighted by Crippen LogP contribution is 2.22. The molecule has 0 atom stereocenters. The van der Waals surface area contributed by atoms with E-state index < -0.39 is 0 Å². The van der Waals surface area contributed by atoms with Gasteiger partial charge in [0.2, 0.25) is 11.9 Å². The van der Waals surface area contributed by atoms with Crippen molar-refractivity contribution < 1.29 is 0 Å². The molecule has 0 spiro atoms. The van der Waals surface area contributed by atoms with Crippen molar-refractivity contribution in [1.29, 1.82) is 0 Å². The first-order valence-electron chi connectivity index (χ1n) is 10.4. The van der Waals surface area contributed by atoms with Crippen LogP contribution >= 0.6 is 0 Å². The zero-order valence-electron chi connectivity index (χ0n) is 19.2. The molecule has 164 valence electrons. The van der Waals surface area contributed by atoms with Crippen molar-refractivity contribution in [2.75, 3.05) is 10.6 Å². The third-order valence-corrected chi connectivity index (χ3v) is 5.21. The summed E-state index contributed by atoms with van der Waals surface area (Å²) < 4.78 is 1.58. The van der Waals surface area contributed by atoms with Crippen LogP contribution in [0.3, 0.4) is 0 Å². The van der Waals surface area contributed by atoms with E-state index in [9.17, 15) is 4.79 Å². The number of nitrogens with zero attached hydrogens (tertiary/aromatic N) is 4. The number of aryl methyl sites for hydroxylation is 4. The summed E-state index contributed by atoms with van der Waals surface area (Å²) in [4.78, 5) is 25.9. The molecule has 0 fully saturated rings. The molecular weight excluding hydrogens is 402 g/mol. The zero-order chi connectivity index (χ0) is 23.0. The van der Waals surface area contributed by atoms with Crippen LogP contribution in [0.4, 0.5) is 23.3 Å². The van der Waals surface area contributed by atoms with Gasteiger partial charge in [-0.2, -0.15) is 15.0 Å². The molecule has 0 aliphatic rings. The van der Waals surface area contributed by atoms with Gasteiger partial charge in [0, 0.05) is 22.6 Å². The molecule has 0 bridgehead atoms. The normalized spacial score (nSPS) is 10.9. The largest absolute Gasteiger partial charge is 0.324 e. The van der Waals surface area contributed by atoms with E-state index in [1.54, 1.807) is 11.6 Å². The van der Waals surface area contributed by atoms with E-state index in [0.717, 1.165) is 39.3 Å². The van der Waals surface area contributed by atoms with Crippen LogP contribution in [0.25, 0.3) is 5.95 Å². The summed E-state index contributed by atoms with van der Waals surface area (Å²) in [7, 11) is 0. The van der Waals surface area contributed by atoms with E-state index in [2.05, 4.69) is 42.8 Å². The number of H-pyrrole nitrogens is 1. The number of benzene rings is 2. The van der Waals surface area contributed by atoms with Gasteiger partial charge in [-0.05, 0) is 88.1 Å². The summed E-state index contributed by atoms with van der Waals surface area (Å²) in [6.07, 6.45) is 0. The van der Waals surface area contributed by atoms with Crippen LogP contribution in [-0.4, -0.2) is 24.7 Å². The zero-order valence-corrected chi connectivity index (χ0v) is 19.2. The Morgan fingerprint density at radius 2 is 1.12 bits per heavy atom. The summed E-state index contributed by atoms with van der Waals surface area (Å²) in [6.45, 7) is 11.8. The molecule has 0 unspecified atom stereocenters. The Hall–Kier alpha value is -3.94. The Kier molecular flexibility index (Phi) is 5.52. The second-order valence-corrected chi connectivity index (χ2v) is 8.27. The van der Waals surface area contributed by atoms with Crippen molar-refractivity contribution in [3.63, 3.8) is 0 Å². The highest BCUT2D eigenvalue weighted by Gasteiger charge is 2.14. The third kappa shape index (κ3) is 4.54. The van der Waals surface area contributed by atoms with Crippen LogP contribution in [0.15, 0.2) is 41.2 Å². The Bertz CT molecular complexity index is 1260. The van der Waals surface area contributed by atoms with Gasteiger partial charge in [0.25, 0.3) is 11.5 Å². The molecular formula is C24H27N7O. The van der Waals surface area contributed by atoms with Crippen LogP contribution < -0.4 is 16.2 Å². The SMILES string of the molecule is Cc1cc(C)cc(Nc2nc(Nc3cc(C)cc(C)c3)nc(-n3[nH]c(=O)c(C)c3C)n2)c1. The molecule has 0 saturated heterocycles. The molecule has 0 aliphatic heterocycles. The predicted molar refractivity (Wildman–Crippen MR) is 128 cm³/mol. The van der Waals surface area contributed by atoms with Gasteiger partial charge in [-0.25, -0.2) is 4.68 Å². The lowest BCUT2D eigenvalue weighted by Gasteiger charge is -2.13. The topological polar surface area (TPSA) is 101 Å². The molecule has 2 aromatic heterocycles. The van der Waals surface area contributed by atoms with E-state index in [1.165, 1.54) is 0 Å². The summed E-state index contributed by atoms with van der Waals surface area (Å²) in [5.74, 6) is 1.07. The molecule has 0 radical (unpaired) electrons. The number of aromatic nitrogens is 5. The van der Waals surface area contributed by atoms with Gasteiger partial charge in [0.15, 0.2) is 0 Å². The lowest BCUT2D eigenvalue weighted by molar-refractivity contribution is 0.768.